The number of nitrogens with two attached hydrogens (primary N) is 1. The predicted octanol–water partition coefficient (Wildman–Crippen LogP) is 2.63. The van der Waals surface area contributed by atoms with E-state index in [1.54, 1.807) is 4.90 Å². The molecule has 1 spiro atoms. The fourth-order valence-corrected chi connectivity index (χ4v) is 8.42. The molecule has 2 aliphatic carbocycles. The number of aliphatic hydroxyl groups excluding tert-OH is 1. The molecule has 3 aliphatic heterocycles. The van der Waals surface area contributed by atoms with Crippen LogP contribution in [0, 0.1) is 11.3 Å². The number of fused-ring (bicyclic) bond motifs is 5. The van der Waals surface area contributed by atoms with Gasteiger partial charge in [0.1, 0.15) is 30.6 Å². The topological polar surface area (TPSA) is 167 Å². The highest BCUT2D eigenvalue weighted by molar-refractivity contribution is 5.72. The van der Waals surface area contributed by atoms with Crippen LogP contribution < -0.4 is 15.4 Å². The van der Waals surface area contributed by atoms with Crippen molar-refractivity contribution in [2.24, 2.45) is 0 Å². The van der Waals surface area contributed by atoms with Crippen LogP contribution in [-0.4, -0.2) is 101 Å². The van der Waals surface area contributed by atoms with Gasteiger partial charge in [-0.25, -0.2) is 9.78 Å². The van der Waals surface area contributed by atoms with Crippen LogP contribution in [-0.2, 0) is 23.0 Å². The molecule has 3 fully saturated rings. The van der Waals surface area contributed by atoms with Gasteiger partial charge in [-0.1, -0.05) is 11.2 Å². The Balaban J connectivity index is 1.19. The molecule has 3 saturated heterocycles. The molecule has 13 nitrogen and oxygen atoms in total. The van der Waals surface area contributed by atoms with Gasteiger partial charge in [-0.05, 0) is 75.7 Å². The van der Waals surface area contributed by atoms with Crippen LogP contribution in [0.5, 0.6) is 5.88 Å². The Kier molecular flexibility index (Phi) is 6.84. The van der Waals surface area contributed by atoms with Crippen molar-refractivity contribution in [3.05, 3.63) is 46.2 Å². The second-order valence-corrected chi connectivity index (χ2v) is 13.4. The summed E-state index contributed by atoms with van der Waals surface area (Å²) in [6, 6.07) is 8.36. The Morgan fingerprint density at radius 3 is 2.89 bits per heavy atom. The van der Waals surface area contributed by atoms with Gasteiger partial charge in [-0.2, -0.15) is 10.2 Å². The highest BCUT2D eigenvalue weighted by Gasteiger charge is 2.52. The lowest BCUT2D eigenvalue weighted by Gasteiger charge is -2.44. The first-order valence-electron chi connectivity index (χ1n) is 16.2. The number of hydrogen-bond donors (Lipinski definition) is 2. The molecule has 2 aromatic heterocycles. The third-order valence-corrected chi connectivity index (χ3v) is 10.9. The van der Waals surface area contributed by atoms with E-state index in [9.17, 15) is 15.2 Å². The molecule has 1 amide bonds. The van der Waals surface area contributed by atoms with E-state index in [1.165, 1.54) is 0 Å². The predicted molar refractivity (Wildman–Crippen MR) is 166 cm³/mol. The van der Waals surface area contributed by atoms with E-state index in [1.807, 2.05) is 18.2 Å². The maximum Gasteiger partial charge on any atom is 0.410 e. The summed E-state index contributed by atoms with van der Waals surface area (Å²) in [6.45, 7) is 2.69. The van der Waals surface area contributed by atoms with Crippen LogP contribution in [0.3, 0.4) is 0 Å². The average molecular weight is 627 g/mol. The van der Waals surface area contributed by atoms with Crippen LogP contribution in [0.2, 0.25) is 0 Å². The summed E-state index contributed by atoms with van der Waals surface area (Å²) in [7, 11) is 2.11. The first-order valence-corrected chi connectivity index (χ1v) is 16.2. The number of likely N-dealkylation sites (tertiary alicyclic amines) is 1. The summed E-state index contributed by atoms with van der Waals surface area (Å²) < 4.78 is 17.9. The molecule has 0 radical (unpaired) electrons. The van der Waals surface area contributed by atoms with Crippen LogP contribution in [0.15, 0.2) is 22.7 Å². The highest BCUT2D eigenvalue weighted by atomic mass is 16.6. The number of carbonyl (C=O) groups is 1. The minimum Gasteiger partial charge on any atom is -0.476 e. The number of hydrogen-bond acceptors (Lipinski definition) is 12. The summed E-state index contributed by atoms with van der Waals surface area (Å²) in [5.74, 6) is 2.24. The van der Waals surface area contributed by atoms with E-state index in [2.05, 4.69) is 28.1 Å². The van der Waals surface area contributed by atoms with Crippen LogP contribution in [0.25, 0.3) is 11.5 Å². The van der Waals surface area contributed by atoms with Gasteiger partial charge in [0.05, 0.1) is 17.6 Å². The number of nitriles is 1. The number of carbonyl (C=O) groups excluding carboxylic acids is 1. The highest BCUT2D eigenvalue weighted by Crippen LogP contribution is 2.54. The monoisotopic (exact) mass is 626 g/mol. The van der Waals surface area contributed by atoms with Gasteiger partial charge in [-0.3, -0.25) is 4.90 Å². The van der Waals surface area contributed by atoms with E-state index >= 15 is 0 Å². The molecule has 0 bridgehead atoms. The maximum absolute atomic E-state index is 12.4. The van der Waals surface area contributed by atoms with Crippen molar-refractivity contribution in [2.45, 2.75) is 61.9 Å². The molecule has 8 rings (SSSR count). The van der Waals surface area contributed by atoms with Crippen molar-refractivity contribution in [1.29, 1.82) is 5.26 Å². The van der Waals surface area contributed by atoms with Crippen LogP contribution in [0.1, 0.15) is 60.1 Å². The Hall–Kier alpha value is -4.41. The number of nitrogens with zero attached hydrogens (tertiary/aromatic N) is 7. The third-order valence-electron chi connectivity index (χ3n) is 10.9. The lowest BCUT2D eigenvalue weighted by molar-refractivity contribution is 0.0764. The van der Waals surface area contributed by atoms with E-state index in [0.29, 0.717) is 66.8 Å². The van der Waals surface area contributed by atoms with Crippen molar-refractivity contribution in [2.75, 3.05) is 63.7 Å². The molecule has 3 N–H and O–H groups in total. The Labute approximate surface area is 266 Å². The molecule has 1 aromatic carbocycles. The zero-order valence-electron chi connectivity index (χ0n) is 26.0. The van der Waals surface area contributed by atoms with Crippen LogP contribution >= 0.6 is 0 Å². The molecule has 3 aromatic rings. The first-order chi connectivity index (χ1) is 22.4. The quantitative estimate of drug-likeness (QED) is 0.385. The minimum absolute atomic E-state index is 0.115. The number of rotatable bonds is 6. The van der Waals surface area contributed by atoms with Crippen molar-refractivity contribution in [1.82, 2.24) is 24.9 Å². The number of nitrogen functional groups attached to an aromatic ring is 1. The summed E-state index contributed by atoms with van der Waals surface area (Å²) in [5, 5.41) is 25.1. The third kappa shape index (κ3) is 4.34. The lowest BCUT2D eigenvalue weighted by atomic mass is 9.68. The summed E-state index contributed by atoms with van der Waals surface area (Å²) in [5.41, 5.74) is 9.62. The number of likely N-dealkylation sites (N-methyl/N-ethyl adjacent to an activating group) is 1. The number of cyclic esters (lactones) is 1. The molecule has 5 aliphatic rings. The van der Waals surface area contributed by atoms with Crippen LogP contribution in [0.4, 0.5) is 16.3 Å². The Morgan fingerprint density at radius 1 is 1.20 bits per heavy atom. The number of piperazine rings is 1. The molecule has 3 unspecified atom stereocenters. The second-order valence-electron chi connectivity index (χ2n) is 13.4. The molecular formula is C33H38N8O5. The fourth-order valence-electron chi connectivity index (χ4n) is 8.42. The normalized spacial score (nSPS) is 27.0. The minimum atomic E-state index is -0.844. The summed E-state index contributed by atoms with van der Waals surface area (Å²) in [6.07, 6.45) is 5.94. The van der Waals surface area contributed by atoms with E-state index in [-0.39, 0.29) is 13.2 Å². The van der Waals surface area contributed by atoms with Gasteiger partial charge in [0.2, 0.25) is 5.88 Å². The number of anilines is 2. The zero-order valence-corrected chi connectivity index (χ0v) is 26.0. The average Bonchev–Trinajstić information content (AvgIpc) is 3.86. The van der Waals surface area contributed by atoms with Gasteiger partial charge in [-0.15, -0.1) is 0 Å². The molecule has 3 atom stereocenters. The molecule has 240 valence electrons. The van der Waals surface area contributed by atoms with Crippen molar-refractivity contribution < 1.29 is 23.9 Å². The van der Waals surface area contributed by atoms with Gasteiger partial charge in [0, 0.05) is 43.0 Å². The van der Waals surface area contributed by atoms with Gasteiger partial charge < -0.3 is 34.6 Å². The fraction of sp³-hybridized carbons (Fsp3) is 0.545. The van der Waals surface area contributed by atoms with Crippen molar-refractivity contribution in [3.63, 3.8) is 0 Å². The van der Waals surface area contributed by atoms with Crippen molar-refractivity contribution >= 4 is 17.6 Å². The van der Waals surface area contributed by atoms with E-state index in [4.69, 9.17) is 29.7 Å². The van der Waals surface area contributed by atoms with Crippen molar-refractivity contribution in [3.8, 4) is 23.5 Å². The number of aliphatic hydroxyl groups is 1. The van der Waals surface area contributed by atoms with Gasteiger partial charge in [0.25, 0.3) is 0 Å². The zero-order chi connectivity index (χ0) is 31.6. The molecule has 0 saturated carbocycles. The molecular weight excluding hydrogens is 588 g/mol. The van der Waals surface area contributed by atoms with E-state index < -0.39 is 17.0 Å². The van der Waals surface area contributed by atoms with Gasteiger partial charge in [0.15, 0.2) is 17.3 Å². The molecule has 46 heavy (non-hydrogen) atoms. The smallest absolute Gasteiger partial charge is 0.410 e. The number of aryl methyl sites for hydroxylation is 1. The summed E-state index contributed by atoms with van der Waals surface area (Å²) >= 11 is 0. The Bertz CT molecular complexity index is 1750. The lowest BCUT2D eigenvalue weighted by Crippen LogP contribution is -2.63. The number of benzene rings is 1. The molecule has 13 heteroatoms. The standard InChI is InChI=1S/C33H38N8O5/c1-39-11-3-4-21(39)16-44-26-14-25(40-12-13-41-31(43)45-19-32(41,17-40)18-42)36-30(37-26)28-22-5-2-9-33(29(22)46-38-28)10-8-20-6-7-24(35)23(15-34)27(20)33/h6-7,14,21,42H,2-5,8-13,16-19,35H2,1H3. The SMILES string of the molecule is CN1CCCC1COc1cc(N2CCN3C(=O)OCC3(CO)C2)nc(-c2noc3c2CCCC32CCc3ccc(N)c(C#N)c32)n1. The number of aromatic nitrogens is 3. The van der Waals surface area contributed by atoms with E-state index in [0.717, 1.165) is 73.9 Å². The Morgan fingerprint density at radius 2 is 2.09 bits per heavy atom. The second kappa shape index (κ2) is 10.8. The summed E-state index contributed by atoms with van der Waals surface area (Å²) in [4.78, 5) is 28.2. The number of amides is 1. The number of ether oxygens (including phenoxy) is 2. The van der Waals surface area contributed by atoms with Gasteiger partial charge >= 0.3 is 6.09 Å². The molecule has 5 heterocycles. The largest absolute Gasteiger partial charge is 0.476 e. The first kappa shape index (κ1) is 29.0. The maximum atomic E-state index is 12.4.